The summed E-state index contributed by atoms with van der Waals surface area (Å²) >= 11 is 11.7. The molecule has 0 saturated carbocycles. The second-order valence-electron chi connectivity index (χ2n) is 3.90. The van der Waals surface area contributed by atoms with Crippen LogP contribution in [0.15, 0.2) is 18.2 Å². The van der Waals surface area contributed by atoms with Gasteiger partial charge >= 0.3 is 0 Å². The highest BCUT2D eigenvalue weighted by atomic mass is 35.5. The summed E-state index contributed by atoms with van der Waals surface area (Å²) in [7, 11) is 0. The van der Waals surface area contributed by atoms with Gasteiger partial charge in [-0.15, -0.1) is 0 Å². The largest absolute Gasteiger partial charge is 0.390 e. The van der Waals surface area contributed by atoms with Gasteiger partial charge in [0, 0.05) is 23.7 Å². The van der Waals surface area contributed by atoms with E-state index in [1.165, 1.54) is 0 Å². The smallest absolute Gasteiger partial charge is 0.178 e. The van der Waals surface area contributed by atoms with Gasteiger partial charge in [0.15, 0.2) is 5.78 Å². The van der Waals surface area contributed by atoms with Crippen LogP contribution in [0.4, 0.5) is 0 Å². The highest BCUT2D eigenvalue weighted by Gasteiger charge is 2.26. The van der Waals surface area contributed by atoms with Crippen molar-refractivity contribution in [1.29, 1.82) is 0 Å². The molecule has 0 unspecified atom stereocenters. The van der Waals surface area contributed by atoms with E-state index in [0.717, 1.165) is 0 Å². The standard InChI is InChI=1S/C11H11Cl2NO2/c12-7-1-2-9(10(13)3-7)11(16)6-14-4-8(15)5-14/h1-3,8,15H,4-6H2. The minimum atomic E-state index is -0.298. The van der Waals surface area contributed by atoms with E-state index in [4.69, 9.17) is 28.3 Å². The lowest BCUT2D eigenvalue weighted by molar-refractivity contribution is 0.00515. The average molecular weight is 260 g/mol. The number of Topliss-reactive ketones (excluding diaryl/α,β-unsaturated/α-hetero) is 1. The Morgan fingerprint density at radius 3 is 2.69 bits per heavy atom. The molecule has 1 N–H and O–H groups in total. The van der Waals surface area contributed by atoms with Crippen molar-refractivity contribution in [2.75, 3.05) is 19.6 Å². The first-order valence-electron chi connectivity index (χ1n) is 4.95. The summed E-state index contributed by atoms with van der Waals surface area (Å²) in [5.41, 5.74) is 0.479. The molecule has 1 heterocycles. The number of hydrogen-bond donors (Lipinski definition) is 1. The molecule has 1 fully saturated rings. The Morgan fingerprint density at radius 1 is 1.44 bits per heavy atom. The Labute approximate surface area is 104 Å². The summed E-state index contributed by atoms with van der Waals surface area (Å²) in [6, 6.07) is 4.83. The van der Waals surface area contributed by atoms with Gasteiger partial charge in [-0.2, -0.15) is 0 Å². The number of likely N-dealkylation sites (tertiary alicyclic amines) is 1. The Kier molecular flexibility index (Phi) is 3.50. The molecule has 0 amide bonds. The maximum absolute atomic E-state index is 11.8. The predicted octanol–water partition coefficient (Wildman–Crippen LogP) is 1.85. The molecule has 0 atom stereocenters. The molecule has 0 aliphatic carbocycles. The van der Waals surface area contributed by atoms with Gasteiger partial charge in [0.25, 0.3) is 0 Å². The Morgan fingerprint density at radius 2 is 2.12 bits per heavy atom. The lowest BCUT2D eigenvalue weighted by atomic mass is 10.1. The molecule has 0 aromatic heterocycles. The van der Waals surface area contributed by atoms with E-state index in [-0.39, 0.29) is 11.9 Å². The molecule has 1 saturated heterocycles. The molecule has 16 heavy (non-hydrogen) atoms. The number of β-amino-alcohol motifs (C(OH)–C–C–N with tert-alkyl or cyclic N) is 1. The van der Waals surface area contributed by atoms with Crippen LogP contribution in [0.2, 0.25) is 10.0 Å². The first kappa shape index (κ1) is 11.9. The van der Waals surface area contributed by atoms with Gasteiger partial charge in [-0.25, -0.2) is 0 Å². The van der Waals surface area contributed by atoms with Gasteiger partial charge in [0.05, 0.1) is 17.7 Å². The third-order valence-corrected chi connectivity index (χ3v) is 3.08. The molecular weight excluding hydrogens is 249 g/mol. The second kappa shape index (κ2) is 4.72. The quantitative estimate of drug-likeness (QED) is 0.843. The van der Waals surface area contributed by atoms with Gasteiger partial charge in [0.2, 0.25) is 0 Å². The maximum Gasteiger partial charge on any atom is 0.178 e. The zero-order valence-corrected chi connectivity index (χ0v) is 10.0. The van der Waals surface area contributed by atoms with Crippen LogP contribution in [0.25, 0.3) is 0 Å². The molecule has 0 spiro atoms. The van der Waals surface area contributed by atoms with Crippen LogP contribution in [-0.2, 0) is 0 Å². The third kappa shape index (κ3) is 2.55. The minimum Gasteiger partial charge on any atom is -0.390 e. The number of nitrogens with zero attached hydrogens (tertiary/aromatic N) is 1. The lowest BCUT2D eigenvalue weighted by Crippen LogP contribution is -2.52. The summed E-state index contributed by atoms with van der Waals surface area (Å²) in [5, 5.41) is 9.98. The molecule has 1 aromatic carbocycles. The fraction of sp³-hybridized carbons (Fsp3) is 0.364. The maximum atomic E-state index is 11.8. The number of ketones is 1. The van der Waals surface area contributed by atoms with Crippen LogP contribution in [0.5, 0.6) is 0 Å². The van der Waals surface area contributed by atoms with E-state index in [9.17, 15) is 4.79 Å². The highest BCUT2D eigenvalue weighted by molar-refractivity contribution is 6.36. The van der Waals surface area contributed by atoms with Crippen LogP contribution < -0.4 is 0 Å². The van der Waals surface area contributed by atoms with Crippen molar-refractivity contribution >= 4 is 29.0 Å². The van der Waals surface area contributed by atoms with Crippen LogP contribution in [0.1, 0.15) is 10.4 Å². The third-order valence-electron chi connectivity index (χ3n) is 2.54. The van der Waals surface area contributed by atoms with E-state index in [1.807, 2.05) is 4.90 Å². The number of aliphatic hydroxyl groups excluding tert-OH is 1. The van der Waals surface area contributed by atoms with Crippen LogP contribution >= 0.6 is 23.2 Å². The van der Waals surface area contributed by atoms with Crippen LogP contribution in [0, 0.1) is 0 Å². The predicted molar refractivity (Wildman–Crippen MR) is 63.2 cm³/mol. The second-order valence-corrected chi connectivity index (χ2v) is 4.74. The Balaban J connectivity index is 2.03. The van der Waals surface area contributed by atoms with Crippen molar-refractivity contribution < 1.29 is 9.90 Å². The van der Waals surface area contributed by atoms with Crippen molar-refractivity contribution in [1.82, 2.24) is 4.90 Å². The molecule has 5 heteroatoms. The van der Waals surface area contributed by atoms with Crippen molar-refractivity contribution in [3.8, 4) is 0 Å². The Bertz CT molecular complexity index is 416. The SMILES string of the molecule is O=C(CN1CC(O)C1)c1ccc(Cl)cc1Cl. The van der Waals surface area contributed by atoms with E-state index < -0.39 is 0 Å². The molecule has 3 nitrogen and oxygen atoms in total. The molecule has 2 rings (SSSR count). The fourth-order valence-electron chi connectivity index (χ4n) is 1.68. The number of benzene rings is 1. The van der Waals surface area contributed by atoms with Crippen molar-refractivity contribution in [2.45, 2.75) is 6.10 Å². The van der Waals surface area contributed by atoms with E-state index in [2.05, 4.69) is 0 Å². The molecule has 1 aliphatic heterocycles. The van der Waals surface area contributed by atoms with Crippen molar-refractivity contribution in [3.05, 3.63) is 33.8 Å². The topological polar surface area (TPSA) is 40.5 Å². The molecule has 1 aliphatic rings. The molecule has 0 radical (unpaired) electrons. The van der Waals surface area contributed by atoms with Gasteiger partial charge in [-0.3, -0.25) is 9.69 Å². The molecule has 86 valence electrons. The first-order valence-corrected chi connectivity index (χ1v) is 5.70. The van der Waals surface area contributed by atoms with E-state index >= 15 is 0 Å². The summed E-state index contributed by atoms with van der Waals surface area (Å²) in [6.45, 7) is 1.40. The van der Waals surface area contributed by atoms with Crippen LogP contribution in [-0.4, -0.2) is 41.5 Å². The number of aliphatic hydroxyl groups is 1. The van der Waals surface area contributed by atoms with E-state index in [0.29, 0.717) is 35.2 Å². The molecule has 1 aromatic rings. The lowest BCUT2D eigenvalue weighted by Gasteiger charge is -2.35. The summed E-state index contributed by atoms with van der Waals surface area (Å²) in [6.07, 6.45) is -0.298. The fourth-order valence-corrected chi connectivity index (χ4v) is 2.19. The number of carbonyl (C=O) groups excluding carboxylic acids is 1. The number of carbonyl (C=O) groups is 1. The number of hydrogen-bond acceptors (Lipinski definition) is 3. The van der Waals surface area contributed by atoms with Gasteiger partial charge in [-0.05, 0) is 18.2 Å². The minimum absolute atomic E-state index is 0.0476. The monoisotopic (exact) mass is 259 g/mol. The summed E-state index contributed by atoms with van der Waals surface area (Å²) in [5.74, 6) is -0.0476. The van der Waals surface area contributed by atoms with Gasteiger partial charge in [0.1, 0.15) is 0 Å². The van der Waals surface area contributed by atoms with Gasteiger partial charge in [-0.1, -0.05) is 23.2 Å². The first-order chi connectivity index (χ1) is 7.56. The summed E-state index contributed by atoms with van der Waals surface area (Å²) in [4.78, 5) is 13.7. The Hall–Kier alpha value is -0.610. The molecular formula is C11H11Cl2NO2. The van der Waals surface area contributed by atoms with Gasteiger partial charge < -0.3 is 5.11 Å². The average Bonchev–Trinajstić information content (AvgIpc) is 2.15. The number of halogens is 2. The number of rotatable bonds is 3. The van der Waals surface area contributed by atoms with Crippen molar-refractivity contribution in [3.63, 3.8) is 0 Å². The normalized spacial score (nSPS) is 17.2. The zero-order chi connectivity index (χ0) is 11.7. The van der Waals surface area contributed by atoms with E-state index in [1.54, 1.807) is 18.2 Å². The zero-order valence-electron chi connectivity index (χ0n) is 8.49. The van der Waals surface area contributed by atoms with Crippen LogP contribution in [0.3, 0.4) is 0 Å². The highest BCUT2D eigenvalue weighted by Crippen LogP contribution is 2.22. The summed E-state index contributed by atoms with van der Waals surface area (Å²) < 4.78 is 0. The van der Waals surface area contributed by atoms with Crippen molar-refractivity contribution in [2.24, 2.45) is 0 Å². The molecule has 0 bridgehead atoms.